The molecule has 0 radical (unpaired) electrons. The number of likely N-dealkylation sites (tertiary alicyclic amines) is 1. The standard InChI is InChI=1S/C21H24ClN3O3S/c1-24-11-9-17(10-12-24)23-21(26)16-6-7-18(22)20(14-16)29(27,28)25-13-8-15-4-2-3-5-19(15)25/h2-7,14,17H,8-13H2,1H3,(H,23,26). The van der Waals surface area contributed by atoms with Crippen LogP contribution in [0.15, 0.2) is 47.4 Å². The van der Waals surface area contributed by atoms with E-state index in [1.54, 1.807) is 12.1 Å². The Bertz CT molecular complexity index is 1030. The molecule has 0 spiro atoms. The second-order valence-corrected chi connectivity index (χ2v) is 9.89. The summed E-state index contributed by atoms with van der Waals surface area (Å²) in [4.78, 5) is 14.9. The summed E-state index contributed by atoms with van der Waals surface area (Å²) in [5.74, 6) is -0.269. The number of fused-ring (bicyclic) bond motifs is 1. The first-order chi connectivity index (χ1) is 13.9. The lowest BCUT2D eigenvalue weighted by molar-refractivity contribution is 0.0916. The van der Waals surface area contributed by atoms with Crippen LogP contribution in [0.4, 0.5) is 5.69 Å². The van der Waals surface area contributed by atoms with Crippen molar-refractivity contribution < 1.29 is 13.2 Å². The van der Waals surface area contributed by atoms with Gasteiger partial charge in [0.15, 0.2) is 0 Å². The minimum atomic E-state index is -3.86. The first kappa shape index (κ1) is 20.2. The topological polar surface area (TPSA) is 69.7 Å². The summed E-state index contributed by atoms with van der Waals surface area (Å²) >= 11 is 6.26. The summed E-state index contributed by atoms with van der Waals surface area (Å²) in [6.07, 6.45) is 2.42. The number of amides is 1. The zero-order valence-corrected chi connectivity index (χ0v) is 17.8. The Kier molecular flexibility index (Phi) is 5.55. The number of hydrogen-bond acceptors (Lipinski definition) is 4. The Morgan fingerprint density at radius 2 is 1.83 bits per heavy atom. The van der Waals surface area contributed by atoms with E-state index in [9.17, 15) is 13.2 Å². The maximum atomic E-state index is 13.3. The highest BCUT2D eigenvalue weighted by molar-refractivity contribution is 7.93. The fourth-order valence-corrected chi connectivity index (χ4v) is 5.95. The van der Waals surface area contributed by atoms with Gasteiger partial charge in [-0.2, -0.15) is 0 Å². The average molecular weight is 434 g/mol. The van der Waals surface area contributed by atoms with E-state index in [0.29, 0.717) is 24.2 Å². The molecule has 0 atom stereocenters. The molecule has 2 aliphatic rings. The van der Waals surface area contributed by atoms with Crippen molar-refractivity contribution in [1.82, 2.24) is 10.2 Å². The van der Waals surface area contributed by atoms with Crippen molar-refractivity contribution in [3.05, 3.63) is 58.6 Å². The molecule has 0 bridgehead atoms. The number of para-hydroxylation sites is 1. The van der Waals surface area contributed by atoms with Crippen molar-refractivity contribution >= 4 is 33.2 Å². The smallest absolute Gasteiger partial charge is 0.265 e. The van der Waals surface area contributed by atoms with Crippen molar-refractivity contribution in [2.75, 3.05) is 31.0 Å². The molecule has 1 saturated heterocycles. The number of rotatable bonds is 4. The molecular formula is C21H24ClN3O3S. The third kappa shape index (κ3) is 3.99. The highest BCUT2D eigenvalue weighted by Crippen LogP contribution is 2.35. The van der Waals surface area contributed by atoms with E-state index < -0.39 is 10.0 Å². The zero-order valence-electron chi connectivity index (χ0n) is 16.3. The summed E-state index contributed by atoms with van der Waals surface area (Å²) in [7, 11) is -1.80. The fraction of sp³-hybridized carbons (Fsp3) is 0.381. The number of nitrogens with zero attached hydrogens (tertiary/aromatic N) is 2. The van der Waals surface area contributed by atoms with Gasteiger partial charge < -0.3 is 10.2 Å². The van der Waals surface area contributed by atoms with Crippen LogP contribution in [0.5, 0.6) is 0 Å². The number of halogens is 1. The van der Waals surface area contributed by atoms with Crippen LogP contribution in [0.2, 0.25) is 5.02 Å². The van der Waals surface area contributed by atoms with Crippen LogP contribution in [0.1, 0.15) is 28.8 Å². The number of sulfonamides is 1. The van der Waals surface area contributed by atoms with Gasteiger partial charge >= 0.3 is 0 Å². The minimum absolute atomic E-state index is 0.0353. The van der Waals surface area contributed by atoms with Gasteiger partial charge in [0, 0.05) is 18.2 Å². The van der Waals surface area contributed by atoms with E-state index in [4.69, 9.17) is 11.6 Å². The van der Waals surface area contributed by atoms with Crippen LogP contribution in [0.3, 0.4) is 0 Å². The van der Waals surface area contributed by atoms with Crippen molar-refractivity contribution in [2.45, 2.75) is 30.2 Å². The first-order valence-electron chi connectivity index (χ1n) is 9.76. The number of anilines is 1. The molecule has 4 rings (SSSR count). The SMILES string of the molecule is CN1CCC(NC(=O)c2ccc(Cl)c(S(=O)(=O)N3CCc4ccccc43)c2)CC1. The van der Waals surface area contributed by atoms with E-state index in [-0.39, 0.29) is 21.9 Å². The Hall–Kier alpha value is -2.09. The van der Waals surface area contributed by atoms with Gasteiger partial charge in [0.1, 0.15) is 4.90 Å². The van der Waals surface area contributed by atoms with Crippen molar-refractivity contribution in [2.24, 2.45) is 0 Å². The highest BCUT2D eigenvalue weighted by atomic mass is 35.5. The molecule has 0 unspecified atom stereocenters. The Morgan fingerprint density at radius 3 is 2.59 bits per heavy atom. The van der Waals surface area contributed by atoms with Crippen molar-refractivity contribution in [3.8, 4) is 0 Å². The molecule has 0 aliphatic carbocycles. The normalized spacial score (nSPS) is 17.9. The number of carbonyl (C=O) groups excluding carboxylic acids is 1. The van der Waals surface area contributed by atoms with Crippen molar-refractivity contribution in [3.63, 3.8) is 0 Å². The van der Waals surface area contributed by atoms with E-state index in [1.807, 2.05) is 18.2 Å². The summed E-state index contributed by atoms with van der Waals surface area (Å²) in [6, 6.07) is 12.0. The molecule has 6 nitrogen and oxygen atoms in total. The highest BCUT2D eigenvalue weighted by Gasteiger charge is 2.32. The molecule has 1 amide bonds. The molecule has 2 aliphatic heterocycles. The lowest BCUT2D eigenvalue weighted by Crippen LogP contribution is -2.43. The summed E-state index contributed by atoms with van der Waals surface area (Å²) in [5, 5.41) is 3.14. The molecule has 2 aromatic carbocycles. The quantitative estimate of drug-likeness (QED) is 0.804. The van der Waals surface area contributed by atoms with E-state index in [2.05, 4.69) is 17.3 Å². The number of hydrogen-bond donors (Lipinski definition) is 1. The molecule has 0 saturated carbocycles. The van der Waals surface area contributed by atoms with Gasteiger partial charge in [0.25, 0.3) is 15.9 Å². The molecule has 2 heterocycles. The summed E-state index contributed by atoms with van der Waals surface area (Å²) in [6.45, 7) is 2.23. The van der Waals surface area contributed by atoms with Gasteiger partial charge in [-0.15, -0.1) is 0 Å². The second kappa shape index (κ2) is 7.97. The van der Waals surface area contributed by atoms with E-state index >= 15 is 0 Å². The molecule has 1 N–H and O–H groups in total. The maximum Gasteiger partial charge on any atom is 0.265 e. The summed E-state index contributed by atoms with van der Waals surface area (Å²) < 4.78 is 28.0. The van der Waals surface area contributed by atoms with Crippen molar-refractivity contribution in [1.29, 1.82) is 0 Å². The number of piperidine rings is 1. The molecule has 1 fully saturated rings. The lowest BCUT2D eigenvalue weighted by atomic mass is 10.0. The van der Waals surface area contributed by atoms with Crippen LogP contribution in [0, 0.1) is 0 Å². The Labute approximate surface area is 176 Å². The molecular weight excluding hydrogens is 410 g/mol. The molecule has 2 aromatic rings. The first-order valence-corrected chi connectivity index (χ1v) is 11.6. The number of nitrogens with one attached hydrogen (secondary N) is 1. The number of benzene rings is 2. The van der Waals surface area contributed by atoms with Gasteiger partial charge in [0.05, 0.1) is 10.7 Å². The predicted molar refractivity (Wildman–Crippen MR) is 114 cm³/mol. The van der Waals surface area contributed by atoms with Gasteiger partial charge in [-0.1, -0.05) is 29.8 Å². The molecule has 29 heavy (non-hydrogen) atoms. The lowest BCUT2D eigenvalue weighted by Gasteiger charge is -2.29. The number of carbonyl (C=O) groups is 1. The van der Waals surface area contributed by atoms with Crippen LogP contribution < -0.4 is 9.62 Å². The largest absolute Gasteiger partial charge is 0.349 e. The van der Waals surface area contributed by atoms with Crippen LogP contribution in [0.25, 0.3) is 0 Å². The van der Waals surface area contributed by atoms with Gasteiger partial charge in [0.2, 0.25) is 0 Å². The van der Waals surface area contributed by atoms with E-state index in [0.717, 1.165) is 31.5 Å². The van der Waals surface area contributed by atoms with Crippen LogP contribution in [-0.4, -0.2) is 51.9 Å². The molecule has 154 valence electrons. The Morgan fingerprint density at radius 1 is 1.10 bits per heavy atom. The van der Waals surface area contributed by atoms with Crippen LogP contribution in [-0.2, 0) is 16.4 Å². The summed E-state index contributed by atoms with van der Waals surface area (Å²) in [5.41, 5.74) is 1.97. The molecule has 0 aromatic heterocycles. The monoisotopic (exact) mass is 433 g/mol. The average Bonchev–Trinajstić information content (AvgIpc) is 3.15. The second-order valence-electron chi connectivity index (χ2n) is 7.65. The van der Waals surface area contributed by atoms with Gasteiger partial charge in [-0.3, -0.25) is 9.10 Å². The van der Waals surface area contributed by atoms with E-state index in [1.165, 1.54) is 16.4 Å². The fourth-order valence-electron chi connectivity index (χ4n) is 3.94. The third-order valence-electron chi connectivity index (χ3n) is 5.66. The Balaban J connectivity index is 1.59. The van der Waals surface area contributed by atoms with Gasteiger partial charge in [-0.05, 0) is 69.2 Å². The maximum absolute atomic E-state index is 13.3. The molecule has 8 heteroatoms. The van der Waals surface area contributed by atoms with Gasteiger partial charge in [-0.25, -0.2) is 8.42 Å². The predicted octanol–water partition coefficient (Wildman–Crippen LogP) is 2.92. The van der Waals surface area contributed by atoms with Crippen LogP contribution >= 0.6 is 11.6 Å². The third-order valence-corrected chi connectivity index (χ3v) is 7.95. The zero-order chi connectivity index (χ0) is 20.6. The minimum Gasteiger partial charge on any atom is -0.349 e.